The zero-order chi connectivity index (χ0) is 29.0. The van der Waals surface area contributed by atoms with Crippen LogP contribution in [-0.4, -0.2) is 39.5 Å². The van der Waals surface area contributed by atoms with Crippen LogP contribution in [-0.2, 0) is 27.8 Å². The predicted molar refractivity (Wildman–Crippen MR) is 160 cm³/mol. The minimum atomic E-state index is -3.29. The first kappa shape index (κ1) is 29.0. The van der Waals surface area contributed by atoms with Crippen LogP contribution in [0.25, 0.3) is 22.3 Å². The lowest BCUT2D eigenvalue weighted by Gasteiger charge is -2.12. The molecule has 41 heavy (non-hydrogen) atoms. The molecule has 3 aromatic heterocycles. The van der Waals surface area contributed by atoms with Gasteiger partial charge >= 0.3 is 0 Å². The van der Waals surface area contributed by atoms with E-state index in [0.29, 0.717) is 33.5 Å². The summed E-state index contributed by atoms with van der Waals surface area (Å²) in [6.07, 6.45) is 3.11. The van der Waals surface area contributed by atoms with E-state index < -0.39 is 15.3 Å². The van der Waals surface area contributed by atoms with Crippen LogP contribution in [0.2, 0.25) is 0 Å². The predicted octanol–water partition coefficient (Wildman–Crippen LogP) is 6.67. The molecule has 3 heterocycles. The number of pyridine rings is 1. The monoisotopic (exact) mass is 657 g/mol. The Morgan fingerprint density at radius 3 is 2.71 bits per heavy atom. The lowest BCUT2D eigenvalue weighted by Crippen LogP contribution is -2.22. The molecule has 1 N–H and O–H groups in total. The third kappa shape index (κ3) is 7.04. The van der Waals surface area contributed by atoms with Crippen molar-refractivity contribution < 1.29 is 22.3 Å². The van der Waals surface area contributed by atoms with E-state index in [2.05, 4.69) is 41.2 Å². The number of thiazole rings is 1. The highest BCUT2D eigenvalue weighted by molar-refractivity contribution is 9.10. The fraction of sp³-hybridized carbons (Fsp3) is 0.214. The minimum Gasteiger partial charge on any atom is -0.488 e. The molecule has 5 rings (SSSR count). The van der Waals surface area contributed by atoms with Gasteiger partial charge in [0.1, 0.15) is 41.9 Å². The summed E-state index contributed by atoms with van der Waals surface area (Å²) in [4.78, 5) is 17.8. The Hall–Kier alpha value is -3.52. The topological polar surface area (TPSA) is 116 Å². The molecular formula is C28H25BrFN5O4S2. The summed E-state index contributed by atoms with van der Waals surface area (Å²) >= 11 is 4.92. The fourth-order valence-corrected chi connectivity index (χ4v) is 5.79. The van der Waals surface area contributed by atoms with Gasteiger partial charge in [0.2, 0.25) is 0 Å². The molecule has 0 bridgehead atoms. The first-order chi connectivity index (χ1) is 19.7. The number of rotatable bonds is 11. The molecule has 5 aromatic rings. The number of fused-ring (bicyclic) bond motifs is 1. The lowest BCUT2D eigenvalue weighted by molar-refractivity contribution is 0.103. The molecule has 0 amide bonds. The van der Waals surface area contributed by atoms with Gasteiger partial charge in [-0.25, -0.2) is 27.8 Å². The van der Waals surface area contributed by atoms with Crippen LogP contribution in [0, 0.1) is 5.82 Å². The summed E-state index contributed by atoms with van der Waals surface area (Å²) in [6.45, 7) is 3.44. The molecule has 0 fully saturated rings. The Morgan fingerprint density at radius 1 is 1.07 bits per heavy atom. The number of sulfone groups is 1. The highest BCUT2D eigenvalue weighted by atomic mass is 79.9. The smallest absolute Gasteiger partial charge is 0.176 e. The number of nitrogens with one attached hydrogen (secondary N) is 1. The van der Waals surface area contributed by atoms with E-state index in [0.717, 1.165) is 21.1 Å². The van der Waals surface area contributed by atoms with E-state index >= 15 is 0 Å². The molecule has 0 saturated heterocycles. The quantitative estimate of drug-likeness (QED) is 0.166. The maximum atomic E-state index is 13.5. The maximum Gasteiger partial charge on any atom is 0.176 e. The van der Waals surface area contributed by atoms with Crippen molar-refractivity contribution in [2.24, 2.45) is 0 Å². The molecule has 0 saturated carbocycles. The zero-order valence-corrected chi connectivity index (χ0v) is 25.3. The number of nitrogens with zero attached hydrogens (tertiary/aromatic N) is 4. The van der Waals surface area contributed by atoms with Gasteiger partial charge < -0.3 is 14.8 Å². The molecule has 0 radical (unpaired) electrons. The van der Waals surface area contributed by atoms with Crippen molar-refractivity contribution in [3.8, 4) is 17.1 Å². The number of hydrogen-bond donors (Lipinski definition) is 1. The van der Waals surface area contributed by atoms with Crippen LogP contribution in [0.4, 0.5) is 15.9 Å². The summed E-state index contributed by atoms with van der Waals surface area (Å²) < 4.78 is 49.5. The van der Waals surface area contributed by atoms with E-state index in [1.165, 1.54) is 36.7 Å². The molecule has 9 nitrogen and oxygen atoms in total. The molecular weight excluding hydrogens is 633 g/mol. The maximum absolute atomic E-state index is 13.5. The molecule has 0 aliphatic carbocycles. The number of ether oxygens (including phenoxy) is 2. The molecule has 13 heteroatoms. The van der Waals surface area contributed by atoms with Gasteiger partial charge in [-0.15, -0.1) is 11.3 Å². The average molecular weight is 659 g/mol. The second kappa shape index (κ2) is 12.6. The van der Waals surface area contributed by atoms with Crippen molar-refractivity contribution >= 4 is 59.5 Å². The third-order valence-corrected chi connectivity index (χ3v) is 9.56. The molecule has 2 aromatic carbocycles. The SMILES string of the molecule is CCS(=O)(=O)C(C)OCc1nc(-c2cc3c(Nc4ccc(OCc5cccc(F)c5)c(Br)c4)ncnc3cn2)cs1. The van der Waals surface area contributed by atoms with Crippen LogP contribution < -0.4 is 10.1 Å². The average Bonchev–Trinajstić information content (AvgIpc) is 3.44. The van der Waals surface area contributed by atoms with E-state index in [1.807, 2.05) is 29.6 Å². The van der Waals surface area contributed by atoms with Crippen LogP contribution >= 0.6 is 27.3 Å². The highest BCUT2D eigenvalue weighted by Crippen LogP contribution is 2.32. The molecule has 0 aliphatic rings. The molecule has 1 unspecified atom stereocenters. The van der Waals surface area contributed by atoms with Crippen LogP contribution in [0.3, 0.4) is 0 Å². The number of aromatic nitrogens is 4. The van der Waals surface area contributed by atoms with E-state index in [-0.39, 0.29) is 24.8 Å². The minimum absolute atomic E-state index is 0.0160. The van der Waals surface area contributed by atoms with Crippen LogP contribution in [0.5, 0.6) is 5.75 Å². The van der Waals surface area contributed by atoms with Gasteiger partial charge in [-0.2, -0.15) is 0 Å². The Morgan fingerprint density at radius 2 is 1.93 bits per heavy atom. The standard InChI is InChI=1S/C28H25BrFN5O4S2/c1-3-41(36,37)17(2)38-14-27-35-25(15-40-27)23-11-21-24(12-31-23)32-16-33-28(21)34-20-7-8-26(22(29)10-20)39-13-18-5-4-6-19(30)9-18/h4-12,15-17H,3,13-14H2,1-2H3,(H,32,33,34). The highest BCUT2D eigenvalue weighted by Gasteiger charge is 2.20. The summed E-state index contributed by atoms with van der Waals surface area (Å²) in [6, 6.07) is 13.7. The van der Waals surface area contributed by atoms with Gasteiger partial charge in [-0.1, -0.05) is 19.1 Å². The van der Waals surface area contributed by atoms with Crippen molar-refractivity contribution in [2.75, 3.05) is 11.1 Å². The first-order valence-electron chi connectivity index (χ1n) is 12.5. The Labute approximate surface area is 248 Å². The molecule has 212 valence electrons. The number of anilines is 2. The van der Waals surface area contributed by atoms with Gasteiger partial charge in [-0.05, 0) is 64.8 Å². The number of halogens is 2. The van der Waals surface area contributed by atoms with Crippen molar-refractivity contribution in [2.45, 2.75) is 32.5 Å². The number of hydrogen-bond acceptors (Lipinski definition) is 10. The molecule has 0 spiro atoms. The first-order valence-corrected chi connectivity index (χ1v) is 15.9. The van der Waals surface area contributed by atoms with Crippen molar-refractivity contribution in [1.29, 1.82) is 0 Å². The van der Waals surface area contributed by atoms with Crippen molar-refractivity contribution in [3.05, 3.63) is 87.3 Å². The summed E-state index contributed by atoms with van der Waals surface area (Å²) in [7, 11) is -3.29. The summed E-state index contributed by atoms with van der Waals surface area (Å²) in [5.74, 6) is 0.904. The molecule has 1 atom stereocenters. The third-order valence-electron chi connectivity index (χ3n) is 6.16. The lowest BCUT2D eigenvalue weighted by atomic mass is 10.2. The zero-order valence-electron chi connectivity index (χ0n) is 22.0. The van der Waals surface area contributed by atoms with E-state index in [1.54, 1.807) is 25.3 Å². The van der Waals surface area contributed by atoms with Crippen LogP contribution in [0.1, 0.15) is 24.4 Å². The Balaban J connectivity index is 1.31. The largest absolute Gasteiger partial charge is 0.488 e. The van der Waals surface area contributed by atoms with Crippen molar-refractivity contribution in [3.63, 3.8) is 0 Å². The van der Waals surface area contributed by atoms with E-state index in [4.69, 9.17) is 9.47 Å². The summed E-state index contributed by atoms with van der Waals surface area (Å²) in [5, 5.41) is 6.56. The van der Waals surface area contributed by atoms with Gasteiger partial charge in [0.15, 0.2) is 15.3 Å². The van der Waals surface area contributed by atoms with E-state index in [9.17, 15) is 12.8 Å². The number of benzene rings is 2. The summed E-state index contributed by atoms with van der Waals surface area (Å²) in [5.41, 5.74) is 2.50. The van der Waals surface area contributed by atoms with Gasteiger partial charge in [0, 0.05) is 22.2 Å². The Kier molecular flexibility index (Phi) is 8.88. The van der Waals surface area contributed by atoms with Crippen molar-refractivity contribution in [1.82, 2.24) is 19.9 Å². The Bertz CT molecular complexity index is 1800. The second-order valence-corrected chi connectivity index (χ2v) is 13.3. The normalized spacial score (nSPS) is 12.4. The van der Waals surface area contributed by atoms with Gasteiger partial charge in [0.05, 0.1) is 27.6 Å². The molecule has 0 aliphatic heterocycles. The van der Waals surface area contributed by atoms with Gasteiger partial charge in [0.25, 0.3) is 0 Å². The fourth-order valence-electron chi connectivity index (χ4n) is 3.84. The van der Waals surface area contributed by atoms with Crippen LogP contribution in [0.15, 0.2) is 70.9 Å². The second-order valence-electron chi connectivity index (χ2n) is 8.95. The van der Waals surface area contributed by atoms with Gasteiger partial charge in [-0.3, -0.25) is 4.98 Å².